The van der Waals surface area contributed by atoms with E-state index >= 15 is 0 Å². The van der Waals surface area contributed by atoms with Crippen molar-refractivity contribution in [1.29, 1.82) is 0 Å². The Morgan fingerprint density at radius 2 is 2.25 bits per heavy atom. The van der Waals surface area contributed by atoms with E-state index in [-0.39, 0.29) is 0 Å². The van der Waals surface area contributed by atoms with Gasteiger partial charge in [0, 0.05) is 19.1 Å². The van der Waals surface area contributed by atoms with Gasteiger partial charge >= 0.3 is 0 Å². The second-order valence-electron chi connectivity index (χ2n) is 5.77. The largest absolute Gasteiger partial charge is 0.377 e. The maximum Gasteiger partial charge on any atom is 0.0670 e. The Bertz CT molecular complexity index is 462. The monoisotopic (exact) mass is 294 g/mol. The minimum Gasteiger partial charge on any atom is -0.377 e. The van der Waals surface area contributed by atoms with Crippen molar-refractivity contribution in [2.24, 2.45) is 0 Å². The van der Waals surface area contributed by atoms with Crippen LogP contribution in [0.5, 0.6) is 0 Å². The SMILES string of the molecule is CCC1COCCN1c1ccc(CNC2CC2)cc1Cl. The molecule has 1 aliphatic carbocycles. The quantitative estimate of drug-likeness (QED) is 0.902. The van der Waals surface area contributed by atoms with Gasteiger partial charge in [-0.05, 0) is 37.0 Å². The lowest BCUT2D eigenvalue weighted by Gasteiger charge is -2.37. The molecule has 1 N–H and O–H groups in total. The summed E-state index contributed by atoms with van der Waals surface area (Å²) in [5.41, 5.74) is 2.42. The van der Waals surface area contributed by atoms with Crippen molar-refractivity contribution in [2.45, 2.75) is 44.8 Å². The molecule has 1 aromatic rings. The molecule has 0 aromatic heterocycles. The lowest BCUT2D eigenvalue weighted by atomic mass is 10.1. The van der Waals surface area contributed by atoms with E-state index in [4.69, 9.17) is 16.3 Å². The number of nitrogens with zero attached hydrogens (tertiary/aromatic N) is 1. The number of anilines is 1. The average Bonchev–Trinajstić information content (AvgIpc) is 3.29. The Morgan fingerprint density at radius 3 is 2.95 bits per heavy atom. The van der Waals surface area contributed by atoms with Crippen LogP contribution in [0.25, 0.3) is 0 Å². The Labute approximate surface area is 126 Å². The highest BCUT2D eigenvalue weighted by Crippen LogP contribution is 2.30. The molecule has 1 saturated heterocycles. The van der Waals surface area contributed by atoms with E-state index in [9.17, 15) is 0 Å². The standard InChI is InChI=1S/C16H23ClN2O/c1-2-14-11-20-8-7-19(14)16-6-3-12(9-15(16)17)10-18-13-4-5-13/h3,6,9,13-14,18H,2,4-5,7-8,10-11H2,1H3. The summed E-state index contributed by atoms with van der Waals surface area (Å²) in [6.45, 7) is 5.65. The molecule has 1 saturated carbocycles. The van der Waals surface area contributed by atoms with Crippen molar-refractivity contribution in [3.63, 3.8) is 0 Å². The van der Waals surface area contributed by atoms with E-state index in [1.54, 1.807) is 0 Å². The predicted molar refractivity (Wildman–Crippen MR) is 83.6 cm³/mol. The van der Waals surface area contributed by atoms with Gasteiger partial charge in [-0.1, -0.05) is 24.6 Å². The molecule has 0 spiro atoms. The summed E-state index contributed by atoms with van der Waals surface area (Å²) in [5, 5.41) is 4.39. The van der Waals surface area contributed by atoms with Crippen molar-refractivity contribution in [2.75, 3.05) is 24.7 Å². The molecule has 2 aliphatic rings. The lowest BCUT2D eigenvalue weighted by molar-refractivity contribution is 0.0930. The van der Waals surface area contributed by atoms with Crippen molar-refractivity contribution in [1.82, 2.24) is 5.32 Å². The topological polar surface area (TPSA) is 24.5 Å². The van der Waals surface area contributed by atoms with Gasteiger partial charge in [0.15, 0.2) is 0 Å². The van der Waals surface area contributed by atoms with Crippen molar-refractivity contribution in [3.05, 3.63) is 28.8 Å². The lowest BCUT2D eigenvalue weighted by Crippen LogP contribution is -2.45. The first-order valence-electron chi connectivity index (χ1n) is 7.64. The molecule has 1 atom stereocenters. The molecule has 1 aromatic carbocycles. The maximum atomic E-state index is 6.51. The van der Waals surface area contributed by atoms with E-state index in [0.717, 1.165) is 49.5 Å². The van der Waals surface area contributed by atoms with Gasteiger partial charge in [-0.25, -0.2) is 0 Å². The first-order chi connectivity index (χ1) is 9.78. The highest BCUT2D eigenvalue weighted by Gasteiger charge is 2.24. The number of nitrogens with one attached hydrogen (secondary N) is 1. The number of rotatable bonds is 5. The number of hydrogen-bond donors (Lipinski definition) is 1. The molecule has 4 heteroatoms. The van der Waals surface area contributed by atoms with Gasteiger partial charge < -0.3 is 15.0 Å². The highest BCUT2D eigenvalue weighted by molar-refractivity contribution is 6.33. The molecule has 2 fully saturated rings. The number of halogens is 1. The third kappa shape index (κ3) is 3.27. The predicted octanol–water partition coefficient (Wildman–Crippen LogP) is 3.21. The second-order valence-corrected chi connectivity index (χ2v) is 6.18. The van der Waals surface area contributed by atoms with Crippen LogP contribution in [0.3, 0.4) is 0 Å². The fourth-order valence-electron chi connectivity index (χ4n) is 2.75. The second kappa shape index (κ2) is 6.33. The summed E-state index contributed by atoms with van der Waals surface area (Å²) in [6.07, 6.45) is 3.72. The van der Waals surface area contributed by atoms with Crippen LogP contribution in [-0.4, -0.2) is 31.8 Å². The molecule has 0 radical (unpaired) electrons. The van der Waals surface area contributed by atoms with E-state index in [2.05, 4.69) is 35.3 Å². The molecule has 3 rings (SSSR count). The van der Waals surface area contributed by atoms with Crippen molar-refractivity contribution < 1.29 is 4.74 Å². The summed E-state index contributed by atoms with van der Waals surface area (Å²) in [5.74, 6) is 0. The van der Waals surface area contributed by atoms with Crippen LogP contribution < -0.4 is 10.2 Å². The smallest absolute Gasteiger partial charge is 0.0670 e. The summed E-state index contributed by atoms with van der Waals surface area (Å²) in [4.78, 5) is 2.39. The average molecular weight is 295 g/mol. The molecule has 1 unspecified atom stereocenters. The number of hydrogen-bond acceptors (Lipinski definition) is 3. The van der Waals surface area contributed by atoms with E-state index in [0.29, 0.717) is 6.04 Å². The van der Waals surface area contributed by atoms with Crippen LogP contribution >= 0.6 is 11.6 Å². The molecule has 110 valence electrons. The summed E-state index contributed by atoms with van der Waals surface area (Å²) in [7, 11) is 0. The van der Waals surface area contributed by atoms with Crippen LogP contribution in [0.4, 0.5) is 5.69 Å². The molecule has 20 heavy (non-hydrogen) atoms. The van der Waals surface area contributed by atoms with Gasteiger partial charge in [0.25, 0.3) is 0 Å². The Hall–Kier alpha value is -0.770. The zero-order valence-corrected chi connectivity index (χ0v) is 12.8. The van der Waals surface area contributed by atoms with E-state index in [1.165, 1.54) is 18.4 Å². The zero-order chi connectivity index (χ0) is 13.9. The van der Waals surface area contributed by atoms with Gasteiger partial charge in [0.1, 0.15) is 0 Å². The first kappa shape index (κ1) is 14.2. The molecule has 1 aliphatic heterocycles. The molecular formula is C16H23ClN2O. The van der Waals surface area contributed by atoms with Gasteiger partial charge in [-0.3, -0.25) is 0 Å². The van der Waals surface area contributed by atoms with Crippen LogP contribution in [0.15, 0.2) is 18.2 Å². The molecule has 1 heterocycles. The molecular weight excluding hydrogens is 272 g/mol. The third-order valence-electron chi connectivity index (χ3n) is 4.19. The Morgan fingerprint density at radius 1 is 1.40 bits per heavy atom. The van der Waals surface area contributed by atoms with E-state index in [1.807, 2.05) is 0 Å². The summed E-state index contributed by atoms with van der Waals surface area (Å²) in [6, 6.07) is 7.64. The van der Waals surface area contributed by atoms with Crippen LogP contribution in [0, 0.1) is 0 Å². The Balaban J connectivity index is 1.71. The van der Waals surface area contributed by atoms with Crippen molar-refractivity contribution in [3.8, 4) is 0 Å². The number of benzene rings is 1. The van der Waals surface area contributed by atoms with Gasteiger partial charge in [-0.15, -0.1) is 0 Å². The van der Waals surface area contributed by atoms with Crippen LogP contribution in [0.2, 0.25) is 5.02 Å². The first-order valence-corrected chi connectivity index (χ1v) is 8.02. The molecule has 0 amide bonds. The van der Waals surface area contributed by atoms with Crippen molar-refractivity contribution >= 4 is 17.3 Å². The fourth-order valence-corrected chi connectivity index (χ4v) is 3.06. The number of morpholine rings is 1. The third-order valence-corrected chi connectivity index (χ3v) is 4.50. The zero-order valence-electron chi connectivity index (χ0n) is 12.1. The van der Waals surface area contributed by atoms with Crippen LogP contribution in [0.1, 0.15) is 31.7 Å². The normalized spacial score (nSPS) is 23.1. The molecule has 3 nitrogen and oxygen atoms in total. The Kier molecular flexibility index (Phi) is 4.49. The molecule has 0 bridgehead atoms. The van der Waals surface area contributed by atoms with Crippen LogP contribution in [-0.2, 0) is 11.3 Å². The van der Waals surface area contributed by atoms with Gasteiger partial charge in [-0.2, -0.15) is 0 Å². The van der Waals surface area contributed by atoms with Gasteiger partial charge in [0.2, 0.25) is 0 Å². The highest BCUT2D eigenvalue weighted by atomic mass is 35.5. The fraction of sp³-hybridized carbons (Fsp3) is 0.625. The maximum absolute atomic E-state index is 6.51. The minimum absolute atomic E-state index is 0.441. The number of ether oxygens (including phenoxy) is 1. The summed E-state index contributed by atoms with van der Waals surface area (Å²) < 4.78 is 5.57. The summed E-state index contributed by atoms with van der Waals surface area (Å²) >= 11 is 6.51. The van der Waals surface area contributed by atoms with E-state index < -0.39 is 0 Å². The van der Waals surface area contributed by atoms with Gasteiger partial charge in [0.05, 0.1) is 30.0 Å². The minimum atomic E-state index is 0.441.